The van der Waals surface area contributed by atoms with Gasteiger partial charge in [0.1, 0.15) is 11.6 Å². The Hall–Kier alpha value is -3.58. The summed E-state index contributed by atoms with van der Waals surface area (Å²) in [4.78, 5) is 23.4. The molecule has 0 bridgehead atoms. The van der Waals surface area contributed by atoms with E-state index < -0.39 is 0 Å². The SMILES string of the molecule is C=C(NC(=O)c1cccc(CNc2ncc(-c3ccnc(C)c3)c3c2CCO3)c1)S/C(CCCC)=C(\C)CCC.CC.CCC. The number of aromatic nitrogens is 2. The fraction of sp³-hybridized carbons (Fsp3) is 0.447. The third-order valence-corrected chi connectivity index (χ3v) is 8.09. The molecule has 7 heteroatoms. The quantitative estimate of drug-likeness (QED) is 0.196. The molecule has 6 nitrogen and oxygen atoms in total. The topological polar surface area (TPSA) is 76.1 Å². The summed E-state index contributed by atoms with van der Waals surface area (Å²) in [6.07, 6.45) is 11.2. The van der Waals surface area contributed by atoms with E-state index in [0.29, 0.717) is 23.7 Å². The summed E-state index contributed by atoms with van der Waals surface area (Å²) in [6.45, 7) is 22.1. The van der Waals surface area contributed by atoms with Crippen LogP contribution in [0.4, 0.5) is 5.82 Å². The molecule has 0 saturated heterocycles. The number of benzene rings is 1. The second kappa shape index (κ2) is 20.5. The maximum atomic E-state index is 13.1. The normalized spacial score (nSPS) is 11.9. The van der Waals surface area contributed by atoms with Gasteiger partial charge in [-0.3, -0.25) is 9.78 Å². The Morgan fingerprint density at radius 1 is 1.04 bits per heavy atom. The van der Waals surface area contributed by atoms with Crippen LogP contribution in [0.2, 0.25) is 0 Å². The average molecular weight is 631 g/mol. The third-order valence-electron chi connectivity index (χ3n) is 6.94. The van der Waals surface area contributed by atoms with Crippen molar-refractivity contribution < 1.29 is 9.53 Å². The monoisotopic (exact) mass is 630 g/mol. The van der Waals surface area contributed by atoms with Gasteiger partial charge in [-0.2, -0.15) is 0 Å². The van der Waals surface area contributed by atoms with E-state index in [0.717, 1.165) is 78.0 Å². The number of hydrogen-bond acceptors (Lipinski definition) is 6. The van der Waals surface area contributed by atoms with E-state index in [2.05, 4.69) is 56.8 Å². The van der Waals surface area contributed by atoms with Crippen molar-refractivity contribution in [2.45, 2.75) is 107 Å². The van der Waals surface area contributed by atoms with E-state index in [-0.39, 0.29) is 5.91 Å². The van der Waals surface area contributed by atoms with Crippen molar-refractivity contribution in [1.29, 1.82) is 0 Å². The highest BCUT2D eigenvalue weighted by molar-refractivity contribution is 8.06. The van der Waals surface area contributed by atoms with Crippen LogP contribution in [-0.2, 0) is 13.0 Å². The number of carbonyl (C=O) groups is 1. The predicted octanol–water partition coefficient (Wildman–Crippen LogP) is 10.6. The number of allylic oxidation sites excluding steroid dienone is 2. The van der Waals surface area contributed by atoms with Gasteiger partial charge in [-0.05, 0) is 73.4 Å². The van der Waals surface area contributed by atoms with E-state index in [1.807, 2.05) is 69.6 Å². The molecule has 2 N–H and O–H groups in total. The largest absolute Gasteiger partial charge is 0.492 e. The van der Waals surface area contributed by atoms with E-state index in [4.69, 9.17) is 9.72 Å². The highest BCUT2D eigenvalue weighted by Crippen LogP contribution is 2.39. The van der Waals surface area contributed by atoms with Crippen molar-refractivity contribution in [3.8, 4) is 16.9 Å². The minimum Gasteiger partial charge on any atom is -0.492 e. The molecule has 45 heavy (non-hydrogen) atoms. The molecule has 0 spiro atoms. The maximum absolute atomic E-state index is 13.1. The summed E-state index contributed by atoms with van der Waals surface area (Å²) >= 11 is 1.60. The molecule has 3 heterocycles. The number of hydrogen-bond donors (Lipinski definition) is 2. The maximum Gasteiger partial charge on any atom is 0.256 e. The molecule has 4 rings (SSSR count). The Labute approximate surface area is 276 Å². The van der Waals surface area contributed by atoms with Gasteiger partial charge in [0.25, 0.3) is 5.91 Å². The van der Waals surface area contributed by atoms with Gasteiger partial charge in [-0.15, -0.1) is 0 Å². The number of pyridine rings is 2. The first-order valence-corrected chi connectivity index (χ1v) is 17.4. The van der Waals surface area contributed by atoms with Gasteiger partial charge in [0.05, 0.1) is 11.6 Å². The molecule has 3 aromatic rings. The second-order valence-corrected chi connectivity index (χ2v) is 12.1. The fourth-order valence-corrected chi connectivity index (χ4v) is 5.81. The first-order chi connectivity index (χ1) is 21.8. The van der Waals surface area contributed by atoms with Crippen LogP contribution in [0.15, 0.2) is 70.9 Å². The number of aryl methyl sites for hydroxylation is 1. The summed E-state index contributed by atoms with van der Waals surface area (Å²) in [5, 5.41) is 7.13. The van der Waals surface area contributed by atoms with Crippen LogP contribution in [0.1, 0.15) is 114 Å². The number of rotatable bonds is 13. The number of anilines is 1. The zero-order valence-corrected chi connectivity index (χ0v) is 29.6. The lowest BCUT2D eigenvalue weighted by atomic mass is 10.0. The van der Waals surface area contributed by atoms with Crippen molar-refractivity contribution in [2.75, 3.05) is 11.9 Å². The van der Waals surface area contributed by atoms with Gasteiger partial charge >= 0.3 is 0 Å². The number of fused-ring (bicyclic) bond motifs is 1. The number of thioether (sulfide) groups is 1. The average Bonchev–Trinajstić information content (AvgIpc) is 3.54. The number of nitrogens with one attached hydrogen (secondary N) is 2. The Bertz CT molecular complexity index is 1420. The highest BCUT2D eigenvalue weighted by Gasteiger charge is 2.22. The van der Waals surface area contributed by atoms with Gasteiger partial charge in [-0.1, -0.05) is 96.9 Å². The molecule has 1 aliphatic heterocycles. The third kappa shape index (κ3) is 11.7. The highest BCUT2D eigenvalue weighted by atomic mass is 32.2. The van der Waals surface area contributed by atoms with Crippen molar-refractivity contribution in [2.24, 2.45) is 0 Å². The second-order valence-electron chi connectivity index (χ2n) is 10.9. The lowest BCUT2D eigenvalue weighted by Crippen LogP contribution is -2.21. The molecule has 0 saturated carbocycles. The van der Waals surface area contributed by atoms with E-state index >= 15 is 0 Å². The number of ether oxygens (including phenoxy) is 1. The Morgan fingerprint density at radius 2 is 1.80 bits per heavy atom. The molecule has 2 aromatic heterocycles. The van der Waals surface area contributed by atoms with Crippen LogP contribution in [0, 0.1) is 6.92 Å². The molecular weight excluding hydrogens is 577 g/mol. The molecule has 0 aliphatic carbocycles. The summed E-state index contributed by atoms with van der Waals surface area (Å²) in [5.74, 6) is 1.55. The number of nitrogens with zero attached hydrogens (tertiary/aromatic N) is 2. The zero-order chi connectivity index (χ0) is 33.2. The van der Waals surface area contributed by atoms with Gasteiger partial charge in [0, 0.05) is 47.7 Å². The number of unbranched alkanes of at least 4 members (excludes halogenated alkanes) is 1. The van der Waals surface area contributed by atoms with Gasteiger partial charge < -0.3 is 15.4 Å². The standard InChI is InChI=1S/C33H40N4O2S.C3H8.C2H6/c1-6-8-13-30(22(3)10-7-2)40-24(5)37-33(38)27-12-9-11-25(19-27)20-35-32-28-15-17-39-31(28)29(21-36-32)26-14-16-34-23(4)18-26;1-3-2;1-2/h9,11-12,14,16,18-19,21H,5-8,10,13,15,17,20H2,1-4H3,(H,35,36)(H,37,38);3H2,1-2H3;1-2H3/b30-22+;;. The summed E-state index contributed by atoms with van der Waals surface area (Å²) < 4.78 is 6.01. The predicted molar refractivity (Wildman–Crippen MR) is 194 cm³/mol. The van der Waals surface area contributed by atoms with Gasteiger partial charge in [0.15, 0.2) is 0 Å². The summed E-state index contributed by atoms with van der Waals surface area (Å²) in [7, 11) is 0. The van der Waals surface area contributed by atoms with Crippen molar-refractivity contribution in [3.05, 3.63) is 93.3 Å². The van der Waals surface area contributed by atoms with Crippen molar-refractivity contribution >= 4 is 23.5 Å². The fourth-order valence-electron chi connectivity index (χ4n) is 4.84. The van der Waals surface area contributed by atoms with Gasteiger partial charge in [0.2, 0.25) is 0 Å². The van der Waals surface area contributed by atoms with Crippen LogP contribution in [-0.4, -0.2) is 22.5 Å². The van der Waals surface area contributed by atoms with Crippen LogP contribution in [0.5, 0.6) is 5.75 Å². The molecule has 1 aromatic carbocycles. The molecule has 0 unspecified atom stereocenters. The van der Waals surface area contributed by atoms with E-state index in [1.165, 1.54) is 16.9 Å². The molecule has 0 atom stereocenters. The molecule has 244 valence electrons. The number of amides is 1. The lowest BCUT2D eigenvalue weighted by Gasteiger charge is -2.15. The molecule has 1 aliphatic rings. The molecule has 0 fully saturated rings. The Balaban J connectivity index is 0.00000133. The first-order valence-electron chi connectivity index (χ1n) is 16.6. The first kappa shape index (κ1) is 37.6. The van der Waals surface area contributed by atoms with Crippen LogP contribution < -0.4 is 15.4 Å². The van der Waals surface area contributed by atoms with E-state index in [9.17, 15) is 4.79 Å². The number of carbonyl (C=O) groups excluding carboxylic acids is 1. The van der Waals surface area contributed by atoms with Crippen LogP contribution in [0.3, 0.4) is 0 Å². The summed E-state index contributed by atoms with van der Waals surface area (Å²) in [6, 6.07) is 11.7. The van der Waals surface area contributed by atoms with Gasteiger partial charge in [-0.25, -0.2) is 4.98 Å². The minimum atomic E-state index is -0.147. The molecular formula is C38H54N4O2S. The lowest BCUT2D eigenvalue weighted by molar-refractivity contribution is 0.0969. The van der Waals surface area contributed by atoms with Crippen LogP contribution in [0.25, 0.3) is 11.1 Å². The minimum absolute atomic E-state index is 0.147. The van der Waals surface area contributed by atoms with Crippen LogP contribution >= 0.6 is 11.8 Å². The summed E-state index contributed by atoms with van der Waals surface area (Å²) in [5.41, 5.74) is 7.07. The van der Waals surface area contributed by atoms with Crippen molar-refractivity contribution in [1.82, 2.24) is 15.3 Å². The Morgan fingerprint density at radius 3 is 2.49 bits per heavy atom. The van der Waals surface area contributed by atoms with E-state index in [1.54, 1.807) is 11.8 Å². The zero-order valence-electron chi connectivity index (χ0n) is 28.8. The molecule has 1 amide bonds. The molecule has 0 radical (unpaired) electrons. The van der Waals surface area contributed by atoms with Crippen molar-refractivity contribution in [3.63, 3.8) is 0 Å². The Kier molecular flexibility index (Phi) is 17.1. The smallest absolute Gasteiger partial charge is 0.256 e.